The van der Waals surface area contributed by atoms with E-state index in [2.05, 4.69) is 23.0 Å². The number of carbonyl (C=O) groups is 2. The van der Waals surface area contributed by atoms with Gasteiger partial charge in [-0.2, -0.15) is 0 Å². The lowest BCUT2D eigenvalue weighted by Crippen LogP contribution is -2.13. The van der Waals surface area contributed by atoms with Crippen LogP contribution in [0.25, 0.3) is 44.4 Å². The number of fused-ring (bicyclic) bond motifs is 8. The van der Waals surface area contributed by atoms with Gasteiger partial charge in [-0.3, -0.25) is 9.59 Å². The van der Waals surface area contributed by atoms with Crippen molar-refractivity contribution in [2.24, 2.45) is 0 Å². The van der Waals surface area contributed by atoms with Crippen LogP contribution in [-0.4, -0.2) is 162 Å². The van der Waals surface area contributed by atoms with Crippen LogP contribution in [0.15, 0.2) is 24.3 Å². The lowest BCUT2D eigenvalue weighted by Gasteiger charge is -2.14. The van der Waals surface area contributed by atoms with Crippen LogP contribution in [0.5, 0.6) is 0 Å². The number of carboxylic acid groups (broad SMARTS) is 2. The molecule has 0 saturated carbocycles. The standard InChI is InChI=1S/C52H74N4O14/c1-33-39(9-11-49(57)58)45-32-46-40(10-12-50(59)60)34(2)42(54-46)30-47-52(38(6)70-28-26-68-24-22-66-20-18-64-16-14-62-8)36(4)44(56-47)31-48-51(35(3)43(55-48)29-41(33)53-45)37(5)69-27-25-67-23-21-65-19-17-63-15-13-61-7/h29-32,37-38,55-56H,9-28H2,1-8H3,(H,57,58)(H,59,60). The molecule has 8 bridgehead atoms. The number of nitrogens with zero attached hydrogens (tertiary/aromatic N) is 2. The van der Waals surface area contributed by atoms with Crippen molar-refractivity contribution in [2.45, 2.75) is 79.4 Å². The van der Waals surface area contributed by atoms with Gasteiger partial charge in [-0.1, -0.05) is 0 Å². The number of aromatic nitrogens is 4. The summed E-state index contributed by atoms with van der Waals surface area (Å²) in [6, 6.07) is 7.94. The van der Waals surface area contributed by atoms with Gasteiger partial charge in [-0.25, -0.2) is 9.97 Å². The highest BCUT2D eigenvalue weighted by Gasteiger charge is 2.24. The second-order valence-electron chi connectivity index (χ2n) is 17.0. The molecule has 18 nitrogen and oxygen atoms in total. The molecule has 0 radical (unpaired) electrons. The number of carboxylic acids is 2. The summed E-state index contributed by atoms with van der Waals surface area (Å²) in [7, 11) is 3.27. The summed E-state index contributed by atoms with van der Waals surface area (Å²) in [6.45, 7) is 19.3. The Morgan fingerprint density at radius 3 is 1.17 bits per heavy atom. The highest BCUT2D eigenvalue weighted by Crippen LogP contribution is 2.39. The monoisotopic (exact) mass is 979 g/mol. The van der Waals surface area contributed by atoms with Crippen molar-refractivity contribution >= 4 is 56.3 Å². The topological polar surface area (TPSA) is 224 Å². The van der Waals surface area contributed by atoms with Gasteiger partial charge < -0.3 is 67.5 Å². The van der Waals surface area contributed by atoms with E-state index in [9.17, 15) is 19.8 Å². The second-order valence-corrected chi connectivity index (χ2v) is 17.0. The lowest BCUT2D eigenvalue weighted by molar-refractivity contribution is -0.137. The fourth-order valence-electron chi connectivity index (χ4n) is 8.39. The number of aryl methyl sites for hydroxylation is 2. The minimum Gasteiger partial charge on any atom is -0.481 e. The predicted octanol–water partition coefficient (Wildman–Crippen LogP) is 8.07. The van der Waals surface area contributed by atoms with Crippen molar-refractivity contribution in [1.29, 1.82) is 0 Å². The number of hydrogen-bond acceptors (Lipinski definition) is 14. The van der Waals surface area contributed by atoms with Crippen molar-refractivity contribution in [3.05, 3.63) is 69.3 Å². The summed E-state index contributed by atoms with van der Waals surface area (Å²) in [5.41, 5.74) is 12.9. The summed E-state index contributed by atoms with van der Waals surface area (Å²) >= 11 is 0. The summed E-state index contributed by atoms with van der Waals surface area (Å²) in [4.78, 5) is 41.4. The SMILES string of the molecule is COCCOCCOCCOCCOC(C)c1c(C)c2cc3[nH]c(cc4nc(cc5nc(cc1[nH]2)C(C)=C5CCC(=O)O)C(CCC(=O)O)=C4C)c(C)c3C(C)OCCOCCOCCOCCOC. The fourth-order valence-corrected chi connectivity index (χ4v) is 8.39. The smallest absolute Gasteiger partial charge is 0.303 e. The van der Waals surface area contributed by atoms with Crippen molar-refractivity contribution in [3.63, 3.8) is 0 Å². The molecular weight excluding hydrogens is 905 g/mol. The summed E-state index contributed by atoms with van der Waals surface area (Å²) in [5.74, 6) is -1.84. The number of aliphatic carboxylic acids is 2. The zero-order valence-corrected chi connectivity index (χ0v) is 42.3. The molecule has 70 heavy (non-hydrogen) atoms. The first-order valence-electron chi connectivity index (χ1n) is 24.1. The number of hydrogen-bond donors (Lipinski definition) is 4. The number of allylic oxidation sites excluding steroid dienone is 4. The highest BCUT2D eigenvalue weighted by atomic mass is 16.6. The maximum absolute atomic E-state index is 11.9. The molecule has 18 heteroatoms. The quantitative estimate of drug-likeness (QED) is 0.0415. The Kier molecular flexibility index (Phi) is 23.6. The van der Waals surface area contributed by atoms with Crippen LogP contribution in [-0.2, 0) is 57.0 Å². The van der Waals surface area contributed by atoms with Crippen LogP contribution in [0.4, 0.5) is 0 Å². The van der Waals surface area contributed by atoms with Crippen molar-refractivity contribution in [2.75, 3.05) is 120 Å². The van der Waals surface area contributed by atoms with Gasteiger partial charge in [0, 0.05) is 60.3 Å². The molecule has 386 valence electrons. The molecule has 4 N–H and O–H groups in total. The summed E-state index contributed by atoms with van der Waals surface area (Å²) in [5, 5.41) is 19.5. The van der Waals surface area contributed by atoms with Crippen molar-refractivity contribution in [3.8, 4) is 0 Å². The van der Waals surface area contributed by atoms with Gasteiger partial charge in [0.25, 0.3) is 0 Å². The Bertz CT molecular complexity index is 2410. The number of rotatable bonds is 34. The Morgan fingerprint density at radius 2 is 0.800 bits per heavy atom. The third-order valence-corrected chi connectivity index (χ3v) is 12.2. The van der Waals surface area contributed by atoms with E-state index in [-0.39, 0.29) is 37.9 Å². The molecule has 0 aliphatic carbocycles. The Hall–Kier alpha value is -4.86. The molecule has 0 aromatic carbocycles. The Labute approximate surface area is 411 Å². The van der Waals surface area contributed by atoms with E-state index in [0.717, 1.165) is 66.6 Å². The van der Waals surface area contributed by atoms with Gasteiger partial charge in [0.05, 0.1) is 141 Å². The average molecular weight is 979 g/mol. The van der Waals surface area contributed by atoms with E-state index in [1.165, 1.54) is 0 Å². The van der Waals surface area contributed by atoms with E-state index < -0.39 is 11.9 Å². The van der Waals surface area contributed by atoms with E-state index in [0.29, 0.717) is 128 Å². The number of methoxy groups -OCH3 is 2. The predicted molar refractivity (Wildman–Crippen MR) is 267 cm³/mol. The fraction of sp³-hybridized carbons (Fsp3) is 0.577. The molecule has 0 amide bonds. The minimum atomic E-state index is -0.921. The molecule has 5 heterocycles. The molecule has 2 unspecified atom stereocenters. The molecule has 2 atom stereocenters. The van der Waals surface area contributed by atoms with E-state index >= 15 is 0 Å². The first-order valence-corrected chi connectivity index (χ1v) is 24.1. The molecule has 2 aliphatic heterocycles. The van der Waals surface area contributed by atoms with E-state index in [1.54, 1.807) is 14.2 Å². The highest BCUT2D eigenvalue weighted by molar-refractivity contribution is 5.96. The Morgan fingerprint density at radius 1 is 0.471 bits per heavy atom. The molecular formula is C52H74N4O14. The molecule has 3 aromatic rings. The Balaban J connectivity index is 1.51. The van der Waals surface area contributed by atoms with Gasteiger partial charge in [0.2, 0.25) is 0 Å². The summed E-state index contributed by atoms with van der Waals surface area (Å²) < 4.78 is 56.6. The molecule has 5 rings (SSSR count). The van der Waals surface area contributed by atoms with Crippen LogP contribution in [0, 0.1) is 13.8 Å². The van der Waals surface area contributed by atoms with E-state index in [4.69, 9.17) is 57.3 Å². The van der Waals surface area contributed by atoms with Crippen LogP contribution in [0.2, 0.25) is 0 Å². The third kappa shape index (κ3) is 16.6. The number of H-pyrrole nitrogens is 2. The van der Waals surface area contributed by atoms with Crippen LogP contribution >= 0.6 is 0 Å². The van der Waals surface area contributed by atoms with Crippen LogP contribution < -0.4 is 0 Å². The lowest BCUT2D eigenvalue weighted by atomic mass is 9.98. The largest absolute Gasteiger partial charge is 0.481 e. The normalized spacial score (nSPS) is 13.7. The zero-order valence-electron chi connectivity index (χ0n) is 42.3. The van der Waals surface area contributed by atoms with Gasteiger partial charge in [0.15, 0.2) is 0 Å². The molecule has 0 spiro atoms. The minimum absolute atomic E-state index is 0.0877. The summed E-state index contributed by atoms with van der Waals surface area (Å²) in [6.07, 6.45) is -0.393. The second kappa shape index (κ2) is 29.5. The number of aromatic amines is 2. The number of nitrogens with one attached hydrogen (secondary N) is 2. The van der Waals surface area contributed by atoms with Gasteiger partial charge in [-0.05, 0) is 112 Å². The van der Waals surface area contributed by atoms with Gasteiger partial charge >= 0.3 is 11.9 Å². The maximum Gasteiger partial charge on any atom is 0.303 e. The zero-order chi connectivity index (χ0) is 50.4. The van der Waals surface area contributed by atoms with Crippen molar-refractivity contribution in [1.82, 2.24) is 19.9 Å². The first-order chi connectivity index (χ1) is 33.8. The van der Waals surface area contributed by atoms with Crippen molar-refractivity contribution < 1.29 is 67.2 Å². The molecule has 0 saturated heterocycles. The number of ether oxygens (including phenoxy) is 10. The van der Waals surface area contributed by atoms with Gasteiger partial charge in [0.1, 0.15) is 0 Å². The third-order valence-electron chi connectivity index (χ3n) is 12.2. The van der Waals surface area contributed by atoms with E-state index in [1.807, 2.05) is 52.8 Å². The van der Waals surface area contributed by atoms with Crippen LogP contribution in [0.3, 0.4) is 0 Å². The maximum atomic E-state index is 11.9. The van der Waals surface area contributed by atoms with Crippen LogP contribution in [0.1, 0.15) is 111 Å². The molecule has 0 fully saturated rings. The molecule has 3 aromatic heterocycles. The first kappa shape index (κ1) is 56.1. The average Bonchev–Trinajstić information content (AvgIpc) is 4.00. The molecule has 2 aliphatic rings. The van der Waals surface area contributed by atoms with Gasteiger partial charge in [-0.15, -0.1) is 0 Å².